The molecule has 14 heavy (non-hydrogen) atoms. The lowest BCUT2D eigenvalue weighted by Gasteiger charge is -2.29. The minimum atomic E-state index is 0.0870. The smallest absolute Gasteiger partial charge is 0.239 e. The summed E-state index contributed by atoms with van der Waals surface area (Å²) >= 11 is 0. The van der Waals surface area contributed by atoms with Gasteiger partial charge in [0.15, 0.2) is 0 Å². The van der Waals surface area contributed by atoms with Crippen LogP contribution in [0.15, 0.2) is 0 Å². The van der Waals surface area contributed by atoms with Gasteiger partial charge in [-0.3, -0.25) is 4.79 Å². The summed E-state index contributed by atoms with van der Waals surface area (Å²) in [6, 6.07) is 0.411. The van der Waals surface area contributed by atoms with E-state index in [1.165, 1.54) is 0 Å². The van der Waals surface area contributed by atoms with Crippen molar-refractivity contribution in [3.63, 3.8) is 0 Å². The van der Waals surface area contributed by atoms with Crippen molar-refractivity contribution < 1.29 is 4.79 Å². The summed E-state index contributed by atoms with van der Waals surface area (Å²) < 4.78 is 0. The molecule has 1 N–H and O–H groups in total. The van der Waals surface area contributed by atoms with Crippen LogP contribution in [0.25, 0.3) is 0 Å². The van der Waals surface area contributed by atoms with Crippen molar-refractivity contribution in [1.82, 2.24) is 10.2 Å². The molecule has 3 heteroatoms. The van der Waals surface area contributed by atoms with Crippen molar-refractivity contribution in [3.8, 4) is 0 Å². The van der Waals surface area contributed by atoms with Crippen molar-refractivity contribution >= 4 is 5.91 Å². The Kier molecular flexibility index (Phi) is 4.39. The first kappa shape index (κ1) is 11.5. The zero-order valence-corrected chi connectivity index (χ0v) is 9.55. The van der Waals surface area contributed by atoms with E-state index in [1.54, 1.807) is 0 Å². The number of carbonyl (C=O) groups excluding carboxylic acids is 1. The second-order valence-electron chi connectivity index (χ2n) is 4.27. The molecule has 0 saturated carbocycles. The Labute approximate surface area is 86.9 Å². The molecule has 1 atom stereocenters. The van der Waals surface area contributed by atoms with E-state index in [4.69, 9.17) is 0 Å². The molecule has 1 rings (SSSR count). The van der Waals surface area contributed by atoms with E-state index in [9.17, 15) is 4.79 Å². The molecule has 0 radical (unpaired) electrons. The highest BCUT2D eigenvalue weighted by Crippen LogP contribution is 2.11. The zero-order chi connectivity index (χ0) is 10.6. The Hall–Kier alpha value is -0.570. The number of hydrogen-bond donors (Lipinski definition) is 1. The van der Waals surface area contributed by atoms with Crippen LogP contribution in [0.4, 0.5) is 0 Å². The minimum Gasteiger partial charge on any atom is -0.339 e. The number of amides is 1. The molecule has 0 unspecified atom stereocenters. The van der Waals surface area contributed by atoms with Crippen molar-refractivity contribution in [2.75, 3.05) is 13.1 Å². The van der Waals surface area contributed by atoms with E-state index < -0.39 is 0 Å². The molecule has 1 aliphatic rings. The third-order valence-corrected chi connectivity index (χ3v) is 2.73. The summed E-state index contributed by atoms with van der Waals surface area (Å²) in [5.74, 6) is 0.291. The van der Waals surface area contributed by atoms with Gasteiger partial charge in [0.1, 0.15) is 0 Å². The van der Waals surface area contributed by atoms with Crippen LogP contribution >= 0.6 is 0 Å². The fraction of sp³-hybridized carbons (Fsp3) is 0.909. The van der Waals surface area contributed by atoms with Crippen molar-refractivity contribution in [2.45, 2.75) is 52.1 Å². The number of hydrogen-bond acceptors (Lipinski definition) is 2. The summed E-state index contributed by atoms with van der Waals surface area (Å²) in [7, 11) is 0. The molecule has 1 saturated heterocycles. The van der Waals surface area contributed by atoms with Crippen LogP contribution in [0.1, 0.15) is 40.0 Å². The minimum absolute atomic E-state index is 0.0870. The Bertz CT molecular complexity index is 186. The van der Waals surface area contributed by atoms with E-state index in [2.05, 4.69) is 26.1 Å². The summed E-state index contributed by atoms with van der Waals surface area (Å²) in [4.78, 5) is 14.0. The maximum Gasteiger partial charge on any atom is 0.239 e. The summed E-state index contributed by atoms with van der Waals surface area (Å²) in [6.45, 7) is 8.17. The largest absolute Gasteiger partial charge is 0.339 e. The third-order valence-electron chi connectivity index (χ3n) is 2.73. The molecule has 3 nitrogen and oxygen atoms in total. The van der Waals surface area contributed by atoms with Gasteiger partial charge in [-0.25, -0.2) is 0 Å². The first-order valence-corrected chi connectivity index (χ1v) is 5.70. The van der Waals surface area contributed by atoms with Gasteiger partial charge in [-0.1, -0.05) is 6.92 Å². The molecule has 82 valence electrons. The zero-order valence-electron chi connectivity index (χ0n) is 9.55. The third kappa shape index (κ3) is 2.71. The molecule has 1 aliphatic heterocycles. The van der Waals surface area contributed by atoms with E-state index >= 15 is 0 Å². The predicted molar refractivity (Wildman–Crippen MR) is 58.2 cm³/mol. The monoisotopic (exact) mass is 198 g/mol. The Morgan fingerprint density at radius 1 is 1.57 bits per heavy atom. The Morgan fingerprint density at radius 2 is 2.29 bits per heavy atom. The lowest BCUT2D eigenvalue weighted by atomic mass is 10.1. The summed E-state index contributed by atoms with van der Waals surface area (Å²) in [6.07, 6.45) is 3.18. The quantitative estimate of drug-likeness (QED) is 0.740. The van der Waals surface area contributed by atoms with E-state index in [0.29, 0.717) is 11.9 Å². The topological polar surface area (TPSA) is 32.3 Å². The lowest BCUT2D eigenvalue weighted by molar-refractivity contribution is -0.134. The molecule has 0 bridgehead atoms. The van der Waals surface area contributed by atoms with Gasteiger partial charge >= 0.3 is 0 Å². The number of carbonyl (C=O) groups is 1. The Morgan fingerprint density at radius 3 is 2.71 bits per heavy atom. The van der Waals surface area contributed by atoms with Gasteiger partial charge < -0.3 is 10.2 Å². The summed E-state index contributed by atoms with van der Waals surface area (Å²) in [5, 5.41) is 3.26. The standard InChI is InChI=1S/C11H22N2O/c1-4-8-13(9(2)3)11(14)10-6-5-7-12-10/h9-10,12H,4-8H2,1-3H3/t10-/m1/s1. The van der Waals surface area contributed by atoms with Crippen LogP contribution < -0.4 is 5.32 Å². The molecular weight excluding hydrogens is 176 g/mol. The van der Waals surface area contributed by atoms with Gasteiger partial charge in [0.05, 0.1) is 6.04 Å². The molecule has 0 aromatic carbocycles. The molecule has 1 amide bonds. The normalized spacial score (nSPS) is 21.6. The highest BCUT2D eigenvalue weighted by Gasteiger charge is 2.27. The van der Waals surface area contributed by atoms with Crippen LogP contribution in [-0.2, 0) is 4.79 Å². The van der Waals surface area contributed by atoms with Crippen molar-refractivity contribution in [1.29, 1.82) is 0 Å². The summed E-state index contributed by atoms with van der Waals surface area (Å²) in [5.41, 5.74) is 0. The van der Waals surface area contributed by atoms with Gasteiger partial charge in [-0.05, 0) is 39.7 Å². The Balaban J connectivity index is 2.53. The first-order valence-electron chi connectivity index (χ1n) is 5.70. The number of rotatable bonds is 4. The van der Waals surface area contributed by atoms with E-state index in [1.807, 2.05) is 4.90 Å². The van der Waals surface area contributed by atoms with Gasteiger partial charge in [-0.15, -0.1) is 0 Å². The molecule has 1 heterocycles. The fourth-order valence-electron chi connectivity index (χ4n) is 1.96. The lowest BCUT2D eigenvalue weighted by Crippen LogP contribution is -2.47. The maximum absolute atomic E-state index is 12.0. The predicted octanol–water partition coefficient (Wildman–Crippen LogP) is 1.39. The van der Waals surface area contributed by atoms with Crippen LogP contribution in [0.2, 0.25) is 0 Å². The maximum atomic E-state index is 12.0. The molecule has 1 fully saturated rings. The number of nitrogens with one attached hydrogen (secondary N) is 1. The van der Waals surface area contributed by atoms with Gasteiger partial charge in [-0.2, -0.15) is 0 Å². The second kappa shape index (κ2) is 5.35. The number of nitrogens with zero attached hydrogens (tertiary/aromatic N) is 1. The van der Waals surface area contributed by atoms with Crippen LogP contribution in [0.3, 0.4) is 0 Å². The van der Waals surface area contributed by atoms with Crippen LogP contribution in [0.5, 0.6) is 0 Å². The molecular formula is C11H22N2O. The van der Waals surface area contributed by atoms with Gasteiger partial charge in [0.2, 0.25) is 5.91 Å². The van der Waals surface area contributed by atoms with E-state index in [0.717, 1.165) is 32.4 Å². The molecule has 0 aromatic heterocycles. The van der Waals surface area contributed by atoms with Gasteiger partial charge in [0, 0.05) is 12.6 Å². The van der Waals surface area contributed by atoms with Gasteiger partial charge in [0.25, 0.3) is 0 Å². The van der Waals surface area contributed by atoms with Crippen molar-refractivity contribution in [3.05, 3.63) is 0 Å². The van der Waals surface area contributed by atoms with Crippen LogP contribution in [-0.4, -0.2) is 36.0 Å². The average molecular weight is 198 g/mol. The SMILES string of the molecule is CCCN(C(=O)[C@H]1CCCN1)C(C)C. The highest BCUT2D eigenvalue weighted by molar-refractivity contribution is 5.82. The molecule has 0 aliphatic carbocycles. The van der Waals surface area contributed by atoms with E-state index in [-0.39, 0.29) is 6.04 Å². The highest BCUT2D eigenvalue weighted by atomic mass is 16.2. The molecule has 0 aromatic rings. The fourth-order valence-corrected chi connectivity index (χ4v) is 1.96. The average Bonchev–Trinajstić information content (AvgIpc) is 2.65. The van der Waals surface area contributed by atoms with Crippen LogP contribution in [0, 0.1) is 0 Å². The first-order chi connectivity index (χ1) is 6.66. The molecule has 0 spiro atoms. The second-order valence-corrected chi connectivity index (χ2v) is 4.27. The van der Waals surface area contributed by atoms with Crippen molar-refractivity contribution in [2.24, 2.45) is 0 Å².